The van der Waals surface area contributed by atoms with Crippen molar-refractivity contribution in [2.24, 2.45) is 4.99 Å². The second-order valence-corrected chi connectivity index (χ2v) is 5.85. The van der Waals surface area contributed by atoms with Crippen molar-refractivity contribution < 1.29 is 18.6 Å². The third-order valence-corrected chi connectivity index (χ3v) is 3.85. The highest BCUT2D eigenvalue weighted by Gasteiger charge is 2.10. The van der Waals surface area contributed by atoms with Gasteiger partial charge in [-0.3, -0.25) is 4.99 Å². The topological polar surface area (TPSA) is 64.1 Å². The van der Waals surface area contributed by atoms with Gasteiger partial charge in [0.05, 0.1) is 20.8 Å². The Bertz CT molecular complexity index is 774. The van der Waals surface area contributed by atoms with Gasteiger partial charge in [0.2, 0.25) is 0 Å². The smallest absolute Gasteiger partial charge is 0.191 e. The van der Waals surface area contributed by atoms with Gasteiger partial charge < -0.3 is 24.8 Å². The first-order valence-corrected chi connectivity index (χ1v) is 8.64. The number of benzene rings is 2. The van der Waals surface area contributed by atoms with Crippen molar-refractivity contribution in [3.05, 3.63) is 53.8 Å². The molecule has 8 heteroatoms. The van der Waals surface area contributed by atoms with Gasteiger partial charge in [-0.05, 0) is 36.8 Å². The molecule has 1 unspecified atom stereocenters. The molecule has 0 heterocycles. The van der Waals surface area contributed by atoms with Crippen LogP contribution in [0.4, 0.5) is 4.39 Å². The lowest BCUT2D eigenvalue weighted by molar-refractivity contribution is 0.213. The van der Waals surface area contributed by atoms with Gasteiger partial charge >= 0.3 is 0 Å². The van der Waals surface area contributed by atoms with Crippen molar-refractivity contribution in [1.82, 2.24) is 10.6 Å². The number of nitrogens with one attached hydrogen (secondary N) is 2. The molecular formula is C20H27FIN3O3. The van der Waals surface area contributed by atoms with Crippen LogP contribution in [0.5, 0.6) is 17.2 Å². The molecule has 2 rings (SSSR count). The van der Waals surface area contributed by atoms with Crippen LogP contribution in [-0.4, -0.2) is 39.9 Å². The molecule has 0 fully saturated rings. The Hall–Kier alpha value is -2.23. The number of nitrogens with zero attached hydrogens (tertiary/aromatic N) is 1. The molecule has 0 aromatic heterocycles. The minimum Gasteiger partial charge on any atom is -0.494 e. The average molecular weight is 503 g/mol. The summed E-state index contributed by atoms with van der Waals surface area (Å²) >= 11 is 0. The highest BCUT2D eigenvalue weighted by molar-refractivity contribution is 14.0. The molecule has 154 valence electrons. The quantitative estimate of drug-likeness (QED) is 0.328. The van der Waals surface area contributed by atoms with Crippen molar-refractivity contribution in [1.29, 1.82) is 0 Å². The summed E-state index contributed by atoms with van der Waals surface area (Å²) in [6.07, 6.45) is -0.113. The fraction of sp³-hybridized carbons (Fsp3) is 0.350. The summed E-state index contributed by atoms with van der Waals surface area (Å²) in [5.74, 6) is 1.81. The maximum Gasteiger partial charge on any atom is 0.191 e. The molecule has 0 bridgehead atoms. The van der Waals surface area contributed by atoms with E-state index < -0.39 is 5.82 Å². The molecule has 0 amide bonds. The van der Waals surface area contributed by atoms with Crippen molar-refractivity contribution in [2.75, 3.05) is 27.8 Å². The molecule has 0 aliphatic rings. The lowest BCUT2D eigenvalue weighted by Crippen LogP contribution is -2.41. The van der Waals surface area contributed by atoms with E-state index in [1.54, 1.807) is 26.3 Å². The minimum absolute atomic E-state index is 0. The van der Waals surface area contributed by atoms with E-state index in [1.165, 1.54) is 13.2 Å². The normalized spacial score (nSPS) is 11.8. The predicted octanol–water partition coefficient (Wildman–Crippen LogP) is 3.59. The number of methoxy groups -OCH3 is 2. The third-order valence-electron chi connectivity index (χ3n) is 3.85. The number of halogens is 2. The van der Waals surface area contributed by atoms with Gasteiger partial charge in [0.25, 0.3) is 0 Å². The predicted molar refractivity (Wildman–Crippen MR) is 120 cm³/mol. The van der Waals surface area contributed by atoms with E-state index in [0.29, 0.717) is 30.5 Å². The molecule has 2 N–H and O–H groups in total. The van der Waals surface area contributed by atoms with E-state index in [2.05, 4.69) is 15.6 Å². The summed E-state index contributed by atoms with van der Waals surface area (Å²) in [6, 6.07) is 12.3. The Kier molecular flexibility index (Phi) is 10.4. The molecule has 28 heavy (non-hydrogen) atoms. The Morgan fingerprint density at radius 3 is 2.32 bits per heavy atom. The first kappa shape index (κ1) is 23.8. The highest BCUT2D eigenvalue weighted by atomic mass is 127. The maximum absolute atomic E-state index is 13.8. The fourth-order valence-electron chi connectivity index (χ4n) is 2.44. The van der Waals surface area contributed by atoms with Crippen LogP contribution in [0.3, 0.4) is 0 Å². The molecule has 1 atom stereocenters. The lowest BCUT2D eigenvalue weighted by Gasteiger charge is -2.19. The zero-order valence-corrected chi connectivity index (χ0v) is 18.8. The van der Waals surface area contributed by atoms with E-state index in [-0.39, 0.29) is 35.8 Å². The number of guanidine groups is 1. The number of aliphatic imine (C=N–C) groups is 1. The second kappa shape index (κ2) is 12.3. The molecule has 0 radical (unpaired) electrons. The van der Waals surface area contributed by atoms with E-state index in [9.17, 15) is 4.39 Å². The molecule has 0 aliphatic heterocycles. The van der Waals surface area contributed by atoms with Crippen LogP contribution < -0.4 is 24.8 Å². The Morgan fingerprint density at radius 1 is 1.04 bits per heavy atom. The van der Waals surface area contributed by atoms with Gasteiger partial charge in [-0.2, -0.15) is 0 Å². The summed E-state index contributed by atoms with van der Waals surface area (Å²) in [4.78, 5) is 4.17. The highest BCUT2D eigenvalue weighted by Crippen LogP contribution is 2.26. The zero-order chi connectivity index (χ0) is 19.6. The van der Waals surface area contributed by atoms with Crippen LogP contribution >= 0.6 is 24.0 Å². The minimum atomic E-state index is -0.390. The Labute approximate surface area is 182 Å². The number of hydrogen-bond donors (Lipinski definition) is 2. The molecular weight excluding hydrogens is 476 g/mol. The van der Waals surface area contributed by atoms with Gasteiger partial charge in [0.15, 0.2) is 29.0 Å². The summed E-state index contributed by atoms with van der Waals surface area (Å²) < 4.78 is 29.9. The first-order valence-electron chi connectivity index (χ1n) is 8.64. The van der Waals surface area contributed by atoms with Crippen LogP contribution in [0.25, 0.3) is 0 Å². The monoisotopic (exact) mass is 503 g/mol. The number of hydrogen-bond acceptors (Lipinski definition) is 4. The number of para-hydroxylation sites is 2. The lowest BCUT2D eigenvalue weighted by atomic mass is 10.2. The third kappa shape index (κ3) is 7.06. The van der Waals surface area contributed by atoms with E-state index in [1.807, 2.05) is 31.2 Å². The van der Waals surface area contributed by atoms with Crippen molar-refractivity contribution >= 4 is 29.9 Å². The van der Waals surface area contributed by atoms with Gasteiger partial charge in [-0.1, -0.05) is 18.2 Å². The molecule has 0 saturated carbocycles. The number of ether oxygens (including phenoxy) is 3. The fourth-order valence-corrected chi connectivity index (χ4v) is 2.44. The van der Waals surface area contributed by atoms with Crippen LogP contribution in [0.1, 0.15) is 12.5 Å². The van der Waals surface area contributed by atoms with Gasteiger partial charge in [-0.25, -0.2) is 4.39 Å². The van der Waals surface area contributed by atoms with E-state index >= 15 is 0 Å². The van der Waals surface area contributed by atoms with E-state index in [4.69, 9.17) is 14.2 Å². The van der Waals surface area contributed by atoms with Crippen LogP contribution in [0.15, 0.2) is 47.5 Å². The molecule has 0 aliphatic carbocycles. The van der Waals surface area contributed by atoms with Crippen molar-refractivity contribution in [3.63, 3.8) is 0 Å². The van der Waals surface area contributed by atoms with Crippen LogP contribution in [-0.2, 0) is 6.54 Å². The Balaban J connectivity index is 0.00000392. The maximum atomic E-state index is 13.8. The van der Waals surface area contributed by atoms with Crippen LogP contribution in [0, 0.1) is 5.82 Å². The largest absolute Gasteiger partial charge is 0.494 e. The van der Waals surface area contributed by atoms with Gasteiger partial charge in [0, 0.05) is 13.6 Å². The summed E-state index contributed by atoms with van der Waals surface area (Å²) in [7, 11) is 4.73. The molecule has 0 spiro atoms. The molecule has 6 nitrogen and oxygen atoms in total. The summed E-state index contributed by atoms with van der Waals surface area (Å²) in [5.41, 5.74) is 0.787. The Morgan fingerprint density at radius 2 is 1.71 bits per heavy atom. The second-order valence-electron chi connectivity index (χ2n) is 5.85. The number of rotatable bonds is 8. The summed E-state index contributed by atoms with van der Waals surface area (Å²) in [6.45, 7) is 2.92. The first-order chi connectivity index (χ1) is 13.1. The SMILES string of the molecule is CN=C(NCc1ccc(OC)c(F)c1)NCC(C)Oc1ccccc1OC.I. The molecule has 0 saturated heterocycles. The van der Waals surface area contributed by atoms with Crippen molar-refractivity contribution in [2.45, 2.75) is 19.6 Å². The van der Waals surface area contributed by atoms with Gasteiger partial charge in [-0.15, -0.1) is 24.0 Å². The molecule has 2 aromatic rings. The van der Waals surface area contributed by atoms with E-state index in [0.717, 1.165) is 5.56 Å². The average Bonchev–Trinajstić information content (AvgIpc) is 2.68. The zero-order valence-electron chi connectivity index (χ0n) is 16.5. The van der Waals surface area contributed by atoms with Crippen LogP contribution in [0.2, 0.25) is 0 Å². The van der Waals surface area contributed by atoms with Crippen molar-refractivity contribution in [3.8, 4) is 17.2 Å². The van der Waals surface area contributed by atoms with Gasteiger partial charge in [0.1, 0.15) is 6.10 Å². The molecule has 2 aromatic carbocycles. The summed E-state index contributed by atoms with van der Waals surface area (Å²) in [5, 5.41) is 6.33. The standard InChI is InChI=1S/C20H26FN3O3.HI/c1-14(27-19-8-6-5-7-18(19)26-4)12-23-20(22-2)24-13-15-9-10-17(25-3)16(21)11-15;/h5-11,14H,12-13H2,1-4H3,(H2,22,23,24);1H.